The summed E-state index contributed by atoms with van der Waals surface area (Å²) < 4.78 is 3.09. The lowest BCUT2D eigenvalue weighted by molar-refractivity contribution is 0.0697. The molecule has 7 heteroatoms. The fourth-order valence-corrected chi connectivity index (χ4v) is 2.22. The highest BCUT2D eigenvalue weighted by molar-refractivity contribution is 6.30. The Bertz CT molecular complexity index is 822. The van der Waals surface area contributed by atoms with Crippen molar-refractivity contribution >= 4 is 17.6 Å². The Labute approximate surface area is 125 Å². The fourth-order valence-electron chi connectivity index (χ4n) is 2.04. The van der Waals surface area contributed by atoms with Crippen molar-refractivity contribution in [1.82, 2.24) is 19.6 Å². The normalized spacial score (nSPS) is 10.8. The molecular weight excluding hydrogens is 292 g/mol. The lowest BCUT2D eigenvalue weighted by atomic mass is 10.1. The van der Waals surface area contributed by atoms with Crippen LogP contribution < -0.4 is 0 Å². The molecule has 0 bridgehead atoms. The number of aromatic carboxylic acids is 1. The van der Waals surface area contributed by atoms with Crippen molar-refractivity contribution in [3.63, 3.8) is 0 Å². The summed E-state index contributed by atoms with van der Waals surface area (Å²) >= 11 is 5.95. The van der Waals surface area contributed by atoms with Crippen LogP contribution in [0.3, 0.4) is 0 Å². The van der Waals surface area contributed by atoms with Crippen LogP contribution in [0, 0.1) is 0 Å². The zero-order valence-electron chi connectivity index (χ0n) is 11.1. The van der Waals surface area contributed by atoms with E-state index in [9.17, 15) is 9.90 Å². The molecule has 106 valence electrons. The summed E-state index contributed by atoms with van der Waals surface area (Å²) in [6.07, 6.45) is 4.77. The van der Waals surface area contributed by atoms with Crippen molar-refractivity contribution in [2.24, 2.45) is 7.05 Å². The Balaban J connectivity index is 2.15. The molecule has 0 aliphatic carbocycles. The van der Waals surface area contributed by atoms with E-state index < -0.39 is 5.97 Å². The van der Waals surface area contributed by atoms with Gasteiger partial charge in [-0.3, -0.25) is 4.68 Å². The number of carboxylic acids is 1. The van der Waals surface area contributed by atoms with Crippen molar-refractivity contribution in [3.05, 3.63) is 53.4 Å². The maximum absolute atomic E-state index is 11.4. The molecule has 1 aromatic carbocycles. The minimum atomic E-state index is -1.04. The smallest absolute Gasteiger partial charge is 0.339 e. The molecule has 0 saturated heterocycles. The molecule has 0 aliphatic rings. The quantitative estimate of drug-likeness (QED) is 0.807. The summed E-state index contributed by atoms with van der Waals surface area (Å²) in [6, 6.07) is 7.04. The molecule has 2 heterocycles. The van der Waals surface area contributed by atoms with Gasteiger partial charge in [0.15, 0.2) is 0 Å². The molecule has 0 amide bonds. The number of halogens is 1. The van der Waals surface area contributed by atoms with Gasteiger partial charge in [-0.05, 0) is 18.2 Å². The highest BCUT2D eigenvalue weighted by Gasteiger charge is 2.18. The molecule has 0 spiro atoms. The molecule has 0 atom stereocenters. The van der Waals surface area contributed by atoms with Gasteiger partial charge in [0.05, 0.1) is 11.9 Å². The summed E-state index contributed by atoms with van der Waals surface area (Å²) in [4.78, 5) is 11.4. The maximum Gasteiger partial charge on any atom is 0.339 e. The van der Waals surface area contributed by atoms with Gasteiger partial charge in [-0.1, -0.05) is 17.7 Å². The van der Waals surface area contributed by atoms with E-state index >= 15 is 0 Å². The molecule has 0 aliphatic heterocycles. The third-order valence-corrected chi connectivity index (χ3v) is 3.23. The summed E-state index contributed by atoms with van der Waals surface area (Å²) in [7, 11) is 1.76. The largest absolute Gasteiger partial charge is 0.478 e. The lowest BCUT2D eigenvalue weighted by Crippen LogP contribution is -1.96. The van der Waals surface area contributed by atoms with Crippen LogP contribution >= 0.6 is 11.6 Å². The number of aromatic nitrogens is 4. The topological polar surface area (TPSA) is 72.9 Å². The number of carboxylic acid groups (broad SMARTS) is 1. The molecule has 1 N–H and O–H groups in total. The van der Waals surface area contributed by atoms with Crippen molar-refractivity contribution < 1.29 is 9.90 Å². The summed E-state index contributed by atoms with van der Waals surface area (Å²) in [5.41, 5.74) is 1.83. The summed E-state index contributed by atoms with van der Waals surface area (Å²) in [5, 5.41) is 18.3. The maximum atomic E-state index is 11.4. The molecule has 3 aromatic rings. The van der Waals surface area contributed by atoms with Crippen LogP contribution in [0.1, 0.15) is 10.4 Å². The third-order valence-electron chi connectivity index (χ3n) is 3.00. The number of rotatable bonds is 3. The van der Waals surface area contributed by atoms with E-state index in [-0.39, 0.29) is 5.56 Å². The number of nitrogens with zero attached hydrogens (tertiary/aromatic N) is 4. The summed E-state index contributed by atoms with van der Waals surface area (Å²) in [5.74, 6) is -1.04. The second-order valence-corrected chi connectivity index (χ2v) is 4.96. The van der Waals surface area contributed by atoms with Gasteiger partial charge in [-0.2, -0.15) is 10.2 Å². The van der Waals surface area contributed by atoms with Gasteiger partial charge >= 0.3 is 5.97 Å². The predicted octanol–water partition coefficient (Wildman–Crippen LogP) is 2.62. The fraction of sp³-hybridized carbons (Fsp3) is 0.0714. The average molecular weight is 303 g/mol. The molecule has 21 heavy (non-hydrogen) atoms. The molecule has 0 radical (unpaired) electrons. The van der Waals surface area contributed by atoms with Crippen LogP contribution in [0.5, 0.6) is 0 Å². The van der Waals surface area contributed by atoms with E-state index in [1.54, 1.807) is 48.4 Å². The Morgan fingerprint density at radius 1 is 1.33 bits per heavy atom. The lowest BCUT2D eigenvalue weighted by Gasteiger charge is -2.00. The second-order valence-electron chi connectivity index (χ2n) is 4.52. The number of carbonyl (C=O) groups is 1. The highest BCUT2D eigenvalue weighted by Crippen LogP contribution is 2.24. The Hall–Kier alpha value is -2.60. The van der Waals surface area contributed by atoms with Crippen molar-refractivity contribution in [2.45, 2.75) is 0 Å². The first-order valence-electron chi connectivity index (χ1n) is 6.12. The van der Waals surface area contributed by atoms with Gasteiger partial charge in [0.25, 0.3) is 0 Å². The number of aryl methyl sites for hydroxylation is 1. The van der Waals surface area contributed by atoms with E-state index in [0.717, 1.165) is 0 Å². The van der Waals surface area contributed by atoms with Crippen LogP contribution in [0.25, 0.3) is 16.9 Å². The van der Waals surface area contributed by atoms with Crippen LogP contribution in [-0.4, -0.2) is 30.6 Å². The van der Waals surface area contributed by atoms with E-state index in [1.807, 2.05) is 0 Å². The monoisotopic (exact) mass is 302 g/mol. The average Bonchev–Trinajstić information content (AvgIpc) is 3.04. The molecule has 0 unspecified atom stereocenters. The molecule has 2 aromatic heterocycles. The van der Waals surface area contributed by atoms with Crippen molar-refractivity contribution in [2.75, 3.05) is 0 Å². The first-order valence-corrected chi connectivity index (χ1v) is 6.50. The Morgan fingerprint density at radius 2 is 2.14 bits per heavy atom. The van der Waals surface area contributed by atoms with Crippen LogP contribution in [0.2, 0.25) is 5.02 Å². The minimum Gasteiger partial charge on any atom is -0.478 e. The van der Waals surface area contributed by atoms with Crippen LogP contribution in [-0.2, 0) is 7.05 Å². The van der Waals surface area contributed by atoms with Gasteiger partial charge in [-0.15, -0.1) is 0 Å². The minimum absolute atomic E-state index is 0.114. The second kappa shape index (κ2) is 5.06. The Kier molecular flexibility index (Phi) is 3.23. The van der Waals surface area contributed by atoms with Crippen LogP contribution in [0.4, 0.5) is 0 Å². The molecule has 6 nitrogen and oxygen atoms in total. The number of hydrogen-bond donors (Lipinski definition) is 1. The number of hydrogen-bond acceptors (Lipinski definition) is 3. The highest BCUT2D eigenvalue weighted by atomic mass is 35.5. The van der Waals surface area contributed by atoms with Gasteiger partial charge in [0.1, 0.15) is 11.3 Å². The zero-order valence-corrected chi connectivity index (χ0v) is 11.8. The summed E-state index contributed by atoms with van der Waals surface area (Å²) in [6.45, 7) is 0. The molecule has 3 rings (SSSR count). The number of benzene rings is 1. The van der Waals surface area contributed by atoms with Crippen molar-refractivity contribution in [3.8, 4) is 16.9 Å². The third kappa shape index (κ3) is 2.53. The SMILES string of the molecule is Cn1cc(-c2nn(-c3cccc(Cl)c3)cc2C(=O)O)cn1. The van der Waals surface area contributed by atoms with Crippen molar-refractivity contribution in [1.29, 1.82) is 0 Å². The zero-order chi connectivity index (χ0) is 15.0. The van der Waals surface area contributed by atoms with Crippen LogP contribution in [0.15, 0.2) is 42.9 Å². The van der Waals surface area contributed by atoms with Gasteiger partial charge < -0.3 is 5.11 Å². The van der Waals surface area contributed by atoms with E-state index in [1.165, 1.54) is 10.9 Å². The van der Waals surface area contributed by atoms with E-state index in [0.29, 0.717) is 22.0 Å². The van der Waals surface area contributed by atoms with E-state index in [4.69, 9.17) is 11.6 Å². The first kappa shape index (κ1) is 13.4. The molecule has 0 saturated carbocycles. The first-order chi connectivity index (χ1) is 10.0. The van der Waals surface area contributed by atoms with E-state index in [2.05, 4.69) is 10.2 Å². The standard InChI is InChI=1S/C14H11ClN4O2/c1-18-7-9(6-16-18)13-12(14(20)21)8-19(17-13)11-4-2-3-10(15)5-11/h2-8H,1H3,(H,20,21). The molecule has 0 fully saturated rings. The molecular formula is C14H11ClN4O2. The predicted molar refractivity (Wildman–Crippen MR) is 77.7 cm³/mol. The Morgan fingerprint density at radius 3 is 2.76 bits per heavy atom. The van der Waals surface area contributed by atoms with Gasteiger partial charge in [0, 0.05) is 30.0 Å². The van der Waals surface area contributed by atoms with Gasteiger partial charge in [0.2, 0.25) is 0 Å². The van der Waals surface area contributed by atoms with Gasteiger partial charge in [-0.25, -0.2) is 9.48 Å².